The Hall–Kier alpha value is -0.260. The molecule has 2 saturated carbocycles. The minimum Gasteiger partial charge on any atom is -0.0987 e. The zero-order valence-corrected chi connectivity index (χ0v) is 8.83. The summed E-state index contributed by atoms with van der Waals surface area (Å²) in [5.41, 5.74) is 2.89. The molecule has 2 atom stereocenters. The Balaban J connectivity index is 2.51. The summed E-state index contributed by atoms with van der Waals surface area (Å²) in [6, 6.07) is 0. The summed E-state index contributed by atoms with van der Waals surface area (Å²) in [5.74, 6) is 0. The van der Waals surface area contributed by atoms with Crippen LogP contribution in [0, 0.1) is 16.2 Å². The van der Waals surface area contributed by atoms with Crippen LogP contribution >= 0.6 is 0 Å². The van der Waals surface area contributed by atoms with Gasteiger partial charge < -0.3 is 0 Å². The predicted molar refractivity (Wildman–Crippen MR) is 53.0 cm³/mol. The first-order valence-electron chi connectivity index (χ1n) is 5.02. The molecule has 0 aromatic rings. The number of hydrogen-bond donors (Lipinski definition) is 0. The average Bonchev–Trinajstić information content (AvgIpc) is 2.32. The molecule has 0 aromatic heterocycles. The molecule has 0 radical (unpaired) electrons. The van der Waals surface area contributed by atoms with Crippen molar-refractivity contribution in [3.8, 4) is 0 Å². The molecule has 0 saturated heterocycles. The summed E-state index contributed by atoms with van der Waals surface area (Å²) in [4.78, 5) is 0. The molecule has 0 heteroatoms. The van der Waals surface area contributed by atoms with Gasteiger partial charge in [-0.05, 0) is 35.5 Å². The van der Waals surface area contributed by atoms with Crippen molar-refractivity contribution in [2.24, 2.45) is 16.2 Å². The minimum absolute atomic E-state index is 0.375. The largest absolute Gasteiger partial charge is 0.0987 e. The van der Waals surface area contributed by atoms with Crippen molar-refractivity contribution in [2.45, 2.75) is 47.0 Å². The van der Waals surface area contributed by atoms with Crippen LogP contribution in [0.25, 0.3) is 0 Å². The van der Waals surface area contributed by atoms with E-state index in [9.17, 15) is 0 Å². The van der Waals surface area contributed by atoms with Gasteiger partial charge in [-0.15, -0.1) is 0 Å². The summed E-state index contributed by atoms with van der Waals surface area (Å²) < 4.78 is 0. The van der Waals surface area contributed by atoms with E-state index in [-0.39, 0.29) is 0 Å². The molecule has 2 aliphatic carbocycles. The second-order valence-electron chi connectivity index (χ2n) is 5.90. The maximum Gasteiger partial charge on any atom is -0.00878 e. The van der Waals surface area contributed by atoms with Crippen LogP contribution in [0.1, 0.15) is 47.0 Å². The molecule has 0 heterocycles. The van der Waals surface area contributed by atoms with Gasteiger partial charge in [0.2, 0.25) is 0 Å². The van der Waals surface area contributed by atoms with Crippen LogP contribution in [-0.4, -0.2) is 0 Å². The van der Waals surface area contributed by atoms with Crippen molar-refractivity contribution < 1.29 is 0 Å². The van der Waals surface area contributed by atoms with Crippen molar-refractivity contribution in [1.29, 1.82) is 0 Å². The summed E-state index contributed by atoms with van der Waals surface area (Å²) >= 11 is 0. The molecule has 0 aliphatic heterocycles. The van der Waals surface area contributed by atoms with E-state index in [1.54, 1.807) is 0 Å². The monoisotopic (exact) mass is 164 g/mol. The fourth-order valence-electron chi connectivity index (χ4n) is 3.50. The molecule has 0 N–H and O–H groups in total. The van der Waals surface area contributed by atoms with Crippen LogP contribution in [0.3, 0.4) is 0 Å². The molecule has 2 aliphatic rings. The Morgan fingerprint density at radius 1 is 1.08 bits per heavy atom. The summed E-state index contributed by atoms with van der Waals surface area (Å²) in [5, 5.41) is 0. The second kappa shape index (κ2) is 1.81. The van der Waals surface area contributed by atoms with Crippen LogP contribution in [0.4, 0.5) is 0 Å². The maximum atomic E-state index is 4.31. The van der Waals surface area contributed by atoms with Gasteiger partial charge >= 0.3 is 0 Å². The number of fused-ring (bicyclic) bond motifs is 2. The van der Waals surface area contributed by atoms with Crippen molar-refractivity contribution in [2.75, 3.05) is 0 Å². The summed E-state index contributed by atoms with van der Waals surface area (Å²) in [6.07, 6.45) is 4.13. The molecule has 0 spiro atoms. The molecule has 0 amide bonds. The van der Waals surface area contributed by atoms with Crippen LogP contribution in [0.15, 0.2) is 12.2 Å². The highest BCUT2D eigenvalue weighted by molar-refractivity contribution is 5.32. The van der Waals surface area contributed by atoms with Gasteiger partial charge in [0.1, 0.15) is 0 Å². The highest BCUT2D eigenvalue weighted by atomic mass is 14.7. The van der Waals surface area contributed by atoms with E-state index in [1.165, 1.54) is 24.8 Å². The van der Waals surface area contributed by atoms with E-state index in [2.05, 4.69) is 34.3 Å². The van der Waals surface area contributed by atoms with E-state index in [0.717, 1.165) is 0 Å². The SMILES string of the molecule is C=C1C(C)(C)[C@]2(C)CC[C@@]1(C)C2. The predicted octanol–water partition coefficient (Wildman–Crippen LogP) is 3.78. The first kappa shape index (κ1) is 8.34. The number of hydrogen-bond acceptors (Lipinski definition) is 0. The highest BCUT2D eigenvalue weighted by Gasteiger charge is 2.61. The fourth-order valence-corrected chi connectivity index (χ4v) is 3.50. The lowest BCUT2D eigenvalue weighted by atomic mass is 9.63. The van der Waals surface area contributed by atoms with Crippen LogP contribution in [-0.2, 0) is 0 Å². The third-order valence-corrected chi connectivity index (χ3v) is 5.00. The zero-order valence-electron chi connectivity index (χ0n) is 8.83. The van der Waals surface area contributed by atoms with E-state index < -0.39 is 0 Å². The first-order valence-corrected chi connectivity index (χ1v) is 5.02. The molecule has 2 rings (SSSR count). The third kappa shape index (κ3) is 0.654. The Morgan fingerprint density at radius 3 is 1.92 bits per heavy atom. The second-order valence-corrected chi connectivity index (χ2v) is 5.90. The Morgan fingerprint density at radius 2 is 1.67 bits per heavy atom. The number of allylic oxidation sites excluding steroid dienone is 1. The maximum absolute atomic E-state index is 4.31. The fraction of sp³-hybridized carbons (Fsp3) is 0.833. The Kier molecular flexibility index (Phi) is 1.26. The van der Waals surface area contributed by atoms with Gasteiger partial charge in [-0.3, -0.25) is 0 Å². The molecule has 0 aromatic carbocycles. The molecule has 68 valence electrons. The third-order valence-electron chi connectivity index (χ3n) is 5.00. The van der Waals surface area contributed by atoms with Gasteiger partial charge in [-0.1, -0.05) is 39.8 Å². The standard InChI is InChI=1S/C12H20/c1-9-10(2,3)12(5)7-6-11(9,4)8-12/h1,6-8H2,2-5H3/t11-,12+/m0/s1. The molecule has 0 nitrogen and oxygen atoms in total. The summed E-state index contributed by atoms with van der Waals surface area (Å²) in [7, 11) is 0. The van der Waals surface area contributed by atoms with E-state index >= 15 is 0 Å². The van der Waals surface area contributed by atoms with Gasteiger partial charge in [0.05, 0.1) is 0 Å². The van der Waals surface area contributed by atoms with Gasteiger partial charge in [-0.25, -0.2) is 0 Å². The molecular formula is C12H20. The smallest absolute Gasteiger partial charge is 0.00878 e. The normalized spacial score (nSPS) is 50.2. The molecular weight excluding hydrogens is 144 g/mol. The topological polar surface area (TPSA) is 0 Å². The van der Waals surface area contributed by atoms with Crippen LogP contribution in [0.5, 0.6) is 0 Å². The summed E-state index contributed by atoms with van der Waals surface area (Å²) in [6.45, 7) is 13.9. The highest BCUT2D eigenvalue weighted by Crippen LogP contribution is 2.71. The van der Waals surface area contributed by atoms with Crippen molar-refractivity contribution in [3.63, 3.8) is 0 Å². The van der Waals surface area contributed by atoms with E-state index in [1.807, 2.05) is 0 Å². The Labute approximate surface area is 76.1 Å². The zero-order chi connectivity index (χ0) is 9.20. The average molecular weight is 164 g/mol. The van der Waals surface area contributed by atoms with Gasteiger partial charge in [0.15, 0.2) is 0 Å². The molecule has 2 fully saturated rings. The quantitative estimate of drug-likeness (QED) is 0.478. The first-order chi connectivity index (χ1) is 5.32. The molecule has 0 unspecified atom stereocenters. The Bertz CT molecular complexity index is 249. The molecule has 2 bridgehead atoms. The van der Waals surface area contributed by atoms with Crippen molar-refractivity contribution >= 4 is 0 Å². The van der Waals surface area contributed by atoms with Crippen molar-refractivity contribution in [3.05, 3.63) is 12.2 Å². The lowest BCUT2D eigenvalue weighted by molar-refractivity contribution is 0.156. The minimum atomic E-state index is 0.375. The van der Waals surface area contributed by atoms with Gasteiger partial charge in [-0.2, -0.15) is 0 Å². The van der Waals surface area contributed by atoms with Crippen molar-refractivity contribution in [1.82, 2.24) is 0 Å². The lowest BCUT2D eigenvalue weighted by Crippen LogP contribution is -2.32. The van der Waals surface area contributed by atoms with Gasteiger partial charge in [0.25, 0.3) is 0 Å². The molecule has 12 heavy (non-hydrogen) atoms. The van der Waals surface area contributed by atoms with Crippen LogP contribution < -0.4 is 0 Å². The van der Waals surface area contributed by atoms with Gasteiger partial charge in [0, 0.05) is 0 Å². The lowest BCUT2D eigenvalue weighted by Gasteiger charge is -2.42. The number of rotatable bonds is 0. The van der Waals surface area contributed by atoms with E-state index in [0.29, 0.717) is 16.2 Å². The van der Waals surface area contributed by atoms with Crippen LogP contribution in [0.2, 0.25) is 0 Å². The van der Waals surface area contributed by atoms with E-state index in [4.69, 9.17) is 0 Å².